The van der Waals surface area contributed by atoms with E-state index in [1.165, 1.54) is 21.6 Å². The van der Waals surface area contributed by atoms with Gasteiger partial charge in [0.15, 0.2) is 5.82 Å². The molecule has 0 bridgehead atoms. The molecule has 2 heterocycles. The molecular weight excluding hydrogens is 326 g/mol. The van der Waals surface area contributed by atoms with Gasteiger partial charge in [-0.05, 0) is 31.5 Å². The second-order valence-corrected chi connectivity index (χ2v) is 7.03. The SMILES string of the molecule is Cc1ccc(C[NH+](C)Cc2nc3c(oc4ccccc43)c(=O)[nH]2)c(C)c1. The lowest BCUT2D eigenvalue weighted by molar-refractivity contribution is -0.908. The van der Waals surface area contributed by atoms with Crippen molar-refractivity contribution < 1.29 is 9.32 Å². The van der Waals surface area contributed by atoms with Crippen LogP contribution in [0.4, 0.5) is 0 Å². The molecule has 0 amide bonds. The summed E-state index contributed by atoms with van der Waals surface area (Å²) in [6.07, 6.45) is 0. The first kappa shape index (κ1) is 16.5. The highest BCUT2D eigenvalue weighted by molar-refractivity contribution is 6.01. The second-order valence-electron chi connectivity index (χ2n) is 7.03. The summed E-state index contributed by atoms with van der Waals surface area (Å²) in [5, 5.41) is 0.877. The third kappa shape index (κ3) is 3.02. The smallest absolute Gasteiger partial charge is 0.294 e. The molecule has 2 N–H and O–H groups in total. The molecule has 0 spiro atoms. The number of nitrogens with zero attached hydrogens (tertiary/aromatic N) is 1. The number of furan rings is 1. The molecule has 0 aliphatic heterocycles. The molecule has 4 rings (SSSR count). The van der Waals surface area contributed by atoms with Crippen LogP contribution in [0, 0.1) is 13.8 Å². The van der Waals surface area contributed by atoms with Gasteiger partial charge in [-0.1, -0.05) is 35.9 Å². The van der Waals surface area contributed by atoms with Crippen molar-refractivity contribution in [1.82, 2.24) is 9.97 Å². The molecule has 26 heavy (non-hydrogen) atoms. The van der Waals surface area contributed by atoms with Crippen molar-refractivity contribution in [3.63, 3.8) is 0 Å². The Morgan fingerprint density at radius 2 is 1.92 bits per heavy atom. The number of H-pyrrole nitrogens is 1. The van der Waals surface area contributed by atoms with Crippen LogP contribution in [-0.2, 0) is 13.1 Å². The van der Waals surface area contributed by atoms with Crippen molar-refractivity contribution in [3.8, 4) is 0 Å². The van der Waals surface area contributed by atoms with Crippen LogP contribution in [0.25, 0.3) is 22.1 Å². The topological polar surface area (TPSA) is 63.3 Å². The van der Waals surface area contributed by atoms with Crippen LogP contribution in [0.15, 0.2) is 51.7 Å². The van der Waals surface area contributed by atoms with E-state index < -0.39 is 0 Å². The minimum absolute atomic E-state index is 0.222. The molecule has 0 saturated heterocycles. The maximum absolute atomic E-state index is 12.4. The van der Waals surface area contributed by atoms with Crippen LogP contribution in [0.5, 0.6) is 0 Å². The summed E-state index contributed by atoms with van der Waals surface area (Å²) in [7, 11) is 2.11. The first-order valence-corrected chi connectivity index (χ1v) is 8.79. The number of nitrogens with one attached hydrogen (secondary N) is 2. The van der Waals surface area contributed by atoms with Crippen molar-refractivity contribution in [2.45, 2.75) is 26.9 Å². The third-order valence-electron chi connectivity index (χ3n) is 4.74. The van der Waals surface area contributed by atoms with E-state index in [0.717, 1.165) is 11.9 Å². The number of quaternary nitrogens is 1. The lowest BCUT2D eigenvalue weighted by Gasteiger charge is -2.15. The molecule has 132 valence electrons. The summed E-state index contributed by atoms with van der Waals surface area (Å²) in [6, 6.07) is 14.1. The van der Waals surface area contributed by atoms with E-state index in [1.807, 2.05) is 24.3 Å². The molecule has 5 nitrogen and oxygen atoms in total. The zero-order valence-corrected chi connectivity index (χ0v) is 15.2. The predicted octanol–water partition coefficient (Wildman–Crippen LogP) is 2.50. The molecule has 1 unspecified atom stereocenters. The fourth-order valence-corrected chi connectivity index (χ4v) is 3.45. The van der Waals surface area contributed by atoms with Crippen molar-refractivity contribution >= 4 is 22.1 Å². The Kier molecular flexibility index (Phi) is 4.09. The molecule has 4 aromatic rings. The molecule has 0 saturated carbocycles. The van der Waals surface area contributed by atoms with Crippen LogP contribution in [-0.4, -0.2) is 17.0 Å². The number of hydrogen-bond acceptors (Lipinski definition) is 3. The van der Waals surface area contributed by atoms with Gasteiger partial charge in [-0.25, -0.2) is 4.98 Å². The van der Waals surface area contributed by atoms with Gasteiger partial charge in [-0.15, -0.1) is 0 Å². The highest BCUT2D eigenvalue weighted by Crippen LogP contribution is 2.24. The molecule has 2 aromatic carbocycles. The quantitative estimate of drug-likeness (QED) is 0.596. The zero-order valence-electron chi connectivity index (χ0n) is 15.2. The largest absolute Gasteiger partial charge is 0.449 e. The van der Waals surface area contributed by atoms with E-state index in [1.54, 1.807) is 0 Å². The van der Waals surface area contributed by atoms with Crippen LogP contribution < -0.4 is 10.5 Å². The summed E-state index contributed by atoms with van der Waals surface area (Å²) in [4.78, 5) is 21.2. The Bertz CT molecular complexity index is 1160. The highest BCUT2D eigenvalue weighted by atomic mass is 16.3. The number of aromatic nitrogens is 2. The second kappa shape index (κ2) is 6.42. The van der Waals surface area contributed by atoms with Crippen LogP contribution in [0.1, 0.15) is 22.5 Å². The van der Waals surface area contributed by atoms with Gasteiger partial charge in [0, 0.05) is 10.9 Å². The Hall–Kier alpha value is -2.92. The number of aromatic amines is 1. The number of benzene rings is 2. The van der Waals surface area contributed by atoms with Gasteiger partial charge in [0.05, 0.1) is 7.05 Å². The van der Waals surface area contributed by atoms with Crippen molar-refractivity contribution in [1.29, 1.82) is 0 Å². The molecule has 5 heteroatoms. The Balaban J connectivity index is 1.64. The molecule has 2 aromatic heterocycles. The molecule has 0 fully saturated rings. The van der Waals surface area contributed by atoms with Crippen LogP contribution in [0.3, 0.4) is 0 Å². The average Bonchev–Trinajstić information content (AvgIpc) is 2.97. The summed E-state index contributed by atoms with van der Waals surface area (Å²) < 4.78 is 5.65. The van der Waals surface area contributed by atoms with Gasteiger partial charge in [0.1, 0.15) is 24.2 Å². The van der Waals surface area contributed by atoms with Gasteiger partial charge in [-0.3, -0.25) is 4.79 Å². The maximum Gasteiger partial charge on any atom is 0.294 e. The number of aryl methyl sites for hydroxylation is 2. The van der Waals surface area contributed by atoms with Crippen molar-refractivity contribution in [2.24, 2.45) is 0 Å². The molecular formula is C21H22N3O2+. The number of para-hydroxylation sites is 1. The standard InChI is InChI=1S/C21H21N3O2/c1-13-8-9-15(14(2)10-13)11-24(3)12-18-22-19-16-6-4-5-7-17(16)26-20(19)21(25)23-18/h4-10H,11-12H2,1-3H3,(H,22,23,25)/p+1. The number of hydrogen-bond donors (Lipinski definition) is 2. The van der Waals surface area contributed by atoms with Crippen molar-refractivity contribution in [3.05, 3.63) is 75.3 Å². The molecule has 0 aliphatic rings. The van der Waals surface area contributed by atoms with E-state index in [9.17, 15) is 4.79 Å². The summed E-state index contributed by atoms with van der Waals surface area (Å²) in [5.41, 5.74) is 5.27. The predicted molar refractivity (Wildman–Crippen MR) is 102 cm³/mol. The van der Waals surface area contributed by atoms with E-state index in [4.69, 9.17) is 4.42 Å². The summed E-state index contributed by atoms with van der Waals surface area (Å²) in [6.45, 7) is 5.75. The summed E-state index contributed by atoms with van der Waals surface area (Å²) in [5.74, 6) is 0.677. The van der Waals surface area contributed by atoms with Crippen LogP contribution >= 0.6 is 0 Å². The fraction of sp³-hybridized carbons (Fsp3) is 0.238. The third-order valence-corrected chi connectivity index (χ3v) is 4.74. The van der Waals surface area contributed by atoms with Crippen LogP contribution in [0.2, 0.25) is 0 Å². The monoisotopic (exact) mass is 348 g/mol. The number of fused-ring (bicyclic) bond motifs is 3. The summed E-state index contributed by atoms with van der Waals surface area (Å²) >= 11 is 0. The van der Waals surface area contributed by atoms with Gasteiger partial charge in [0.25, 0.3) is 5.56 Å². The first-order valence-electron chi connectivity index (χ1n) is 8.79. The van der Waals surface area contributed by atoms with E-state index >= 15 is 0 Å². The fourth-order valence-electron chi connectivity index (χ4n) is 3.45. The Morgan fingerprint density at radius 3 is 2.73 bits per heavy atom. The zero-order chi connectivity index (χ0) is 18.3. The number of rotatable bonds is 4. The minimum Gasteiger partial charge on any atom is -0.449 e. The Morgan fingerprint density at radius 1 is 1.12 bits per heavy atom. The van der Waals surface area contributed by atoms with Gasteiger partial charge in [0.2, 0.25) is 5.58 Å². The molecule has 0 radical (unpaired) electrons. The van der Waals surface area contributed by atoms with Gasteiger partial charge >= 0.3 is 0 Å². The first-order chi connectivity index (χ1) is 12.5. The Labute approximate surface area is 151 Å². The minimum atomic E-state index is -0.222. The van der Waals surface area contributed by atoms with E-state index in [-0.39, 0.29) is 5.56 Å². The maximum atomic E-state index is 12.4. The normalized spacial score (nSPS) is 12.7. The van der Waals surface area contributed by atoms with Gasteiger partial charge < -0.3 is 14.3 Å². The van der Waals surface area contributed by atoms with Gasteiger partial charge in [-0.2, -0.15) is 0 Å². The van der Waals surface area contributed by atoms with E-state index in [2.05, 4.69) is 49.1 Å². The highest BCUT2D eigenvalue weighted by Gasteiger charge is 2.15. The average molecular weight is 348 g/mol. The lowest BCUT2D eigenvalue weighted by Crippen LogP contribution is -3.06. The molecule has 1 atom stereocenters. The lowest BCUT2D eigenvalue weighted by atomic mass is 10.1. The molecule has 0 aliphatic carbocycles. The van der Waals surface area contributed by atoms with E-state index in [0.29, 0.717) is 29.1 Å². The van der Waals surface area contributed by atoms with Crippen molar-refractivity contribution in [2.75, 3.05) is 7.05 Å².